The van der Waals surface area contributed by atoms with Crippen LogP contribution in [0.1, 0.15) is 11.7 Å². The Morgan fingerprint density at radius 1 is 0.962 bits per heavy atom. The molecule has 1 aliphatic rings. The summed E-state index contributed by atoms with van der Waals surface area (Å²) in [6, 6.07) is 18.0. The molecule has 0 N–H and O–H groups in total. The SMILES string of the molecule is O=C(COc1ccccc1)O[C@@H](C(=O)N1CCOCC1)c1ccccc1. The molecule has 6 heteroatoms. The predicted molar refractivity (Wildman–Crippen MR) is 94.6 cm³/mol. The molecule has 3 rings (SSSR count). The van der Waals surface area contributed by atoms with E-state index in [-0.39, 0.29) is 12.5 Å². The topological polar surface area (TPSA) is 65.1 Å². The molecular formula is C20H21NO5. The van der Waals surface area contributed by atoms with Crippen molar-refractivity contribution in [1.29, 1.82) is 0 Å². The minimum absolute atomic E-state index is 0.243. The molecule has 0 spiro atoms. The Morgan fingerprint density at radius 3 is 2.23 bits per heavy atom. The molecular weight excluding hydrogens is 334 g/mol. The van der Waals surface area contributed by atoms with Gasteiger partial charge in [0.05, 0.1) is 13.2 Å². The number of carbonyl (C=O) groups is 2. The van der Waals surface area contributed by atoms with Crippen molar-refractivity contribution in [2.45, 2.75) is 6.10 Å². The number of nitrogens with zero attached hydrogens (tertiary/aromatic N) is 1. The molecule has 1 saturated heterocycles. The summed E-state index contributed by atoms with van der Waals surface area (Å²) in [5.74, 6) is -0.267. The summed E-state index contributed by atoms with van der Waals surface area (Å²) in [7, 11) is 0. The van der Waals surface area contributed by atoms with Crippen molar-refractivity contribution in [3.63, 3.8) is 0 Å². The molecule has 26 heavy (non-hydrogen) atoms. The second-order valence-corrected chi connectivity index (χ2v) is 5.82. The van der Waals surface area contributed by atoms with Gasteiger partial charge in [-0.15, -0.1) is 0 Å². The molecule has 2 aromatic carbocycles. The van der Waals surface area contributed by atoms with Gasteiger partial charge in [-0.3, -0.25) is 4.79 Å². The molecule has 0 unspecified atom stereocenters. The zero-order valence-electron chi connectivity index (χ0n) is 14.4. The third-order valence-corrected chi connectivity index (χ3v) is 4.00. The van der Waals surface area contributed by atoms with Crippen molar-refractivity contribution in [2.75, 3.05) is 32.9 Å². The molecule has 1 atom stereocenters. The highest BCUT2D eigenvalue weighted by Gasteiger charge is 2.30. The number of hydrogen-bond acceptors (Lipinski definition) is 5. The number of amides is 1. The molecule has 0 aromatic heterocycles. The highest BCUT2D eigenvalue weighted by atomic mass is 16.6. The van der Waals surface area contributed by atoms with Gasteiger partial charge in [0.15, 0.2) is 6.61 Å². The van der Waals surface area contributed by atoms with Crippen LogP contribution in [0.5, 0.6) is 5.75 Å². The Bertz CT molecular complexity index is 713. The van der Waals surface area contributed by atoms with E-state index in [2.05, 4.69) is 0 Å². The van der Waals surface area contributed by atoms with Crippen LogP contribution in [-0.2, 0) is 19.1 Å². The number of esters is 1. The van der Waals surface area contributed by atoms with Gasteiger partial charge in [-0.1, -0.05) is 48.5 Å². The zero-order valence-corrected chi connectivity index (χ0v) is 14.4. The fourth-order valence-electron chi connectivity index (χ4n) is 2.66. The summed E-state index contributed by atoms with van der Waals surface area (Å²) in [6.45, 7) is 1.68. The van der Waals surface area contributed by atoms with Gasteiger partial charge in [0.2, 0.25) is 6.10 Å². The highest BCUT2D eigenvalue weighted by molar-refractivity contribution is 5.85. The Kier molecular flexibility index (Phi) is 6.22. The number of para-hydroxylation sites is 1. The van der Waals surface area contributed by atoms with Gasteiger partial charge >= 0.3 is 5.97 Å². The fourth-order valence-corrected chi connectivity index (χ4v) is 2.66. The molecule has 1 heterocycles. The molecule has 136 valence electrons. The number of morpholine rings is 1. The summed E-state index contributed by atoms with van der Waals surface area (Å²) in [5, 5.41) is 0. The lowest BCUT2D eigenvalue weighted by atomic mass is 10.1. The van der Waals surface area contributed by atoms with Crippen LogP contribution in [0, 0.1) is 0 Å². The van der Waals surface area contributed by atoms with Crippen LogP contribution < -0.4 is 4.74 Å². The van der Waals surface area contributed by atoms with Crippen LogP contribution >= 0.6 is 0 Å². The van der Waals surface area contributed by atoms with Crippen LogP contribution in [0.3, 0.4) is 0 Å². The maximum absolute atomic E-state index is 12.9. The van der Waals surface area contributed by atoms with E-state index in [1.807, 2.05) is 36.4 Å². The predicted octanol–water partition coefficient (Wildman–Crippen LogP) is 2.21. The average molecular weight is 355 g/mol. The molecule has 1 aliphatic heterocycles. The summed E-state index contributed by atoms with van der Waals surface area (Å²) in [6.07, 6.45) is -0.985. The van der Waals surface area contributed by atoms with Crippen LogP contribution in [-0.4, -0.2) is 49.7 Å². The molecule has 1 fully saturated rings. The lowest BCUT2D eigenvalue weighted by Gasteiger charge is -2.30. The number of carbonyl (C=O) groups excluding carboxylic acids is 2. The first-order valence-corrected chi connectivity index (χ1v) is 8.53. The van der Waals surface area contributed by atoms with E-state index in [1.54, 1.807) is 29.2 Å². The van der Waals surface area contributed by atoms with Gasteiger partial charge in [-0.05, 0) is 12.1 Å². The molecule has 0 radical (unpaired) electrons. The monoisotopic (exact) mass is 355 g/mol. The molecule has 6 nitrogen and oxygen atoms in total. The molecule has 0 aliphatic carbocycles. The number of benzene rings is 2. The maximum Gasteiger partial charge on any atom is 0.345 e. The van der Waals surface area contributed by atoms with Crippen LogP contribution in [0.2, 0.25) is 0 Å². The lowest BCUT2D eigenvalue weighted by molar-refractivity contribution is -0.164. The van der Waals surface area contributed by atoms with Crippen molar-refractivity contribution >= 4 is 11.9 Å². The quantitative estimate of drug-likeness (QED) is 0.744. The normalized spacial score (nSPS) is 15.2. The average Bonchev–Trinajstić information content (AvgIpc) is 2.72. The second-order valence-electron chi connectivity index (χ2n) is 5.82. The van der Waals surface area contributed by atoms with E-state index in [9.17, 15) is 9.59 Å². The van der Waals surface area contributed by atoms with Crippen molar-refractivity contribution in [2.24, 2.45) is 0 Å². The van der Waals surface area contributed by atoms with Gasteiger partial charge in [0.1, 0.15) is 5.75 Å². The van der Waals surface area contributed by atoms with E-state index in [0.717, 1.165) is 0 Å². The van der Waals surface area contributed by atoms with Crippen LogP contribution in [0.4, 0.5) is 0 Å². The first kappa shape index (κ1) is 17.9. The minimum Gasteiger partial charge on any atom is -0.482 e. The Hall–Kier alpha value is -2.86. The summed E-state index contributed by atoms with van der Waals surface area (Å²) in [4.78, 5) is 26.8. The number of rotatable bonds is 6. The third kappa shape index (κ3) is 4.83. The fraction of sp³-hybridized carbons (Fsp3) is 0.300. The van der Waals surface area contributed by atoms with E-state index in [1.165, 1.54) is 0 Å². The molecule has 1 amide bonds. The van der Waals surface area contributed by atoms with Crippen LogP contribution in [0.15, 0.2) is 60.7 Å². The van der Waals surface area contributed by atoms with Crippen molar-refractivity contribution in [3.05, 3.63) is 66.2 Å². The van der Waals surface area contributed by atoms with Crippen molar-refractivity contribution in [1.82, 2.24) is 4.90 Å². The van der Waals surface area contributed by atoms with E-state index >= 15 is 0 Å². The standard InChI is InChI=1S/C20H21NO5/c22-18(15-25-17-9-5-2-6-10-17)26-19(16-7-3-1-4-8-16)20(23)21-11-13-24-14-12-21/h1-10,19H,11-15H2/t19-/m1/s1. The minimum atomic E-state index is -0.985. The second kappa shape index (κ2) is 9.01. The van der Waals surface area contributed by atoms with Gasteiger partial charge < -0.3 is 19.1 Å². The van der Waals surface area contributed by atoms with E-state index < -0.39 is 12.1 Å². The Morgan fingerprint density at radius 2 is 1.58 bits per heavy atom. The molecule has 2 aromatic rings. The first-order valence-electron chi connectivity index (χ1n) is 8.53. The largest absolute Gasteiger partial charge is 0.482 e. The van der Waals surface area contributed by atoms with Gasteiger partial charge in [0, 0.05) is 18.7 Å². The van der Waals surface area contributed by atoms with Gasteiger partial charge in [-0.25, -0.2) is 4.79 Å². The summed E-state index contributed by atoms with van der Waals surface area (Å²) >= 11 is 0. The highest BCUT2D eigenvalue weighted by Crippen LogP contribution is 2.21. The zero-order chi connectivity index (χ0) is 18.2. The number of ether oxygens (including phenoxy) is 3. The number of hydrogen-bond donors (Lipinski definition) is 0. The van der Waals surface area contributed by atoms with Crippen LogP contribution in [0.25, 0.3) is 0 Å². The van der Waals surface area contributed by atoms with Gasteiger partial charge in [-0.2, -0.15) is 0 Å². The molecule has 0 saturated carbocycles. The summed E-state index contributed by atoms with van der Waals surface area (Å²) < 4.78 is 16.2. The van der Waals surface area contributed by atoms with E-state index in [4.69, 9.17) is 14.2 Å². The van der Waals surface area contributed by atoms with E-state index in [0.29, 0.717) is 37.6 Å². The Balaban J connectivity index is 1.67. The summed E-state index contributed by atoms with van der Waals surface area (Å²) in [5.41, 5.74) is 0.636. The van der Waals surface area contributed by atoms with Gasteiger partial charge in [0.25, 0.3) is 5.91 Å². The molecule has 0 bridgehead atoms. The Labute approximate surface area is 152 Å². The maximum atomic E-state index is 12.9. The smallest absolute Gasteiger partial charge is 0.345 e. The van der Waals surface area contributed by atoms with Crippen molar-refractivity contribution < 1.29 is 23.8 Å². The van der Waals surface area contributed by atoms with Crippen molar-refractivity contribution in [3.8, 4) is 5.75 Å². The first-order chi connectivity index (χ1) is 12.7. The lowest BCUT2D eigenvalue weighted by Crippen LogP contribution is -2.44. The third-order valence-electron chi connectivity index (χ3n) is 4.00.